The maximum absolute atomic E-state index is 12.4. The van der Waals surface area contributed by atoms with Crippen molar-refractivity contribution in [2.45, 2.75) is 19.9 Å². The Bertz CT molecular complexity index is 864. The van der Waals surface area contributed by atoms with Gasteiger partial charge in [-0.1, -0.05) is 29.3 Å². The van der Waals surface area contributed by atoms with Crippen LogP contribution in [0, 0.1) is 6.92 Å². The second-order valence-electron chi connectivity index (χ2n) is 5.89. The Morgan fingerprint density at radius 3 is 2.52 bits per heavy atom. The number of hydrogen-bond donors (Lipinski definition) is 2. The van der Waals surface area contributed by atoms with Crippen LogP contribution in [-0.2, 0) is 17.8 Å². The number of hydrogen-bond acceptors (Lipinski definition) is 4. The molecular weight excluding hydrogens is 363 g/mol. The molecule has 1 aliphatic heterocycles. The number of aromatic nitrogens is 1. The summed E-state index contributed by atoms with van der Waals surface area (Å²) in [5.74, 6) is -1.07. The van der Waals surface area contributed by atoms with Crippen LogP contribution in [0.5, 0.6) is 11.5 Å². The zero-order chi connectivity index (χ0) is 18.1. The third kappa shape index (κ3) is 3.43. The van der Waals surface area contributed by atoms with Crippen LogP contribution >= 0.6 is 23.2 Å². The number of phenolic OH excluding ortho intramolecular Hbond substituents is 2. The summed E-state index contributed by atoms with van der Waals surface area (Å²) in [6.45, 7) is 2.60. The molecule has 5 nitrogen and oxygen atoms in total. The summed E-state index contributed by atoms with van der Waals surface area (Å²) in [6, 6.07) is 3.76. The van der Waals surface area contributed by atoms with Gasteiger partial charge < -0.3 is 15.1 Å². The molecule has 2 N–H and O–H groups in total. The van der Waals surface area contributed by atoms with E-state index in [1.807, 2.05) is 19.1 Å². The maximum Gasteiger partial charge on any atom is 0.246 e. The van der Waals surface area contributed by atoms with Crippen molar-refractivity contribution in [3.63, 3.8) is 0 Å². The van der Waals surface area contributed by atoms with Gasteiger partial charge in [-0.2, -0.15) is 0 Å². The van der Waals surface area contributed by atoms with Crippen molar-refractivity contribution in [3.8, 4) is 11.5 Å². The summed E-state index contributed by atoms with van der Waals surface area (Å²) >= 11 is 12.2. The van der Waals surface area contributed by atoms with Crippen LogP contribution in [0.15, 0.2) is 24.4 Å². The molecule has 0 spiro atoms. The minimum Gasteiger partial charge on any atom is -0.503 e. The van der Waals surface area contributed by atoms with Crippen molar-refractivity contribution in [1.82, 2.24) is 9.88 Å². The predicted octanol–water partition coefficient (Wildman–Crippen LogP) is 3.71. The molecule has 0 saturated heterocycles. The molecule has 0 aliphatic carbocycles. The van der Waals surface area contributed by atoms with Gasteiger partial charge in [-0.25, -0.2) is 0 Å². The molecule has 130 valence electrons. The van der Waals surface area contributed by atoms with Gasteiger partial charge in [0.25, 0.3) is 0 Å². The van der Waals surface area contributed by atoms with E-state index >= 15 is 0 Å². The highest BCUT2D eigenvalue weighted by atomic mass is 35.5. The molecule has 0 bridgehead atoms. The summed E-state index contributed by atoms with van der Waals surface area (Å²) in [4.78, 5) is 18.2. The number of halogens is 2. The standard InChI is InChI=1S/C18H16Cl2N2O3/c1-10-2-3-11(21-8-10)4-5-14(23)22-7-6-12-13(9-22)16(20)18(25)17(24)15(12)19/h2-5,8,24-25H,6-7,9H2,1H3/b5-4+. The van der Waals surface area contributed by atoms with E-state index in [4.69, 9.17) is 23.2 Å². The Morgan fingerprint density at radius 2 is 1.88 bits per heavy atom. The highest BCUT2D eigenvalue weighted by Crippen LogP contribution is 2.46. The summed E-state index contributed by atoms with van der Waals surface area (Å²) in [5, 5.41) is 19.7. The fourth-order valence-electron chi connectivity index (χ4n) is 2.73. The highest BCUT2D eigenvalue weighted by Gasteiger charge is 2.28. The largest absolute Gasteiger partial charge is 0.503 e. The number of carbonyl (C=O) groups is 1. The topological polar surface area (TPSA) is 73.7 Å². The molecule has 0 fully saturated rings. The molecule has 0 radical (unpaired) electrons. The van der Waals surface area contributed by atoms with Gasteiger partial charge in [-0.3, -0.25) is 9.78 Å². The van der Waals surface area contributed by atoms with Crippen LogP contribution in [0.1, 0.15) is 22.4 Å². The Labute approximate surface area is 155 Å². The average molecular weight is 379 g/mol. The summed E-state index contributed by atoms with van der Waals surface area (Å²) in [5.41, 5.74) is 2.96. The summed E-state index contributed by atoms with van der Waals surface area (Å²) in [7, 11) is 0. The molecule has 1 amide bonds. The Hall–Kier alpha value is -2.24. The SMILES string of the molecule is Cc1ccc(/C=C/C(=O)N2CCc3c(Cl)c(O)c(O)c(Cl)c3C2)nc1. The number of carbonyl (C=O) groups excluding carboxylic acids is 1. The van der Waals surface area contributed by atoms with Crippen LogP contribution in [-0.4, -0.2) is 32.5 Å². The van der Waals surface area contributed by atoms with Crippen LogP contribution in [0.25, 0.3) is 6.08 Å². The Morgan fingerprint density at radius 1 is 1.20 bits per heavy atom. The monoisotopic (exact) mass is 378 g/mol. The third-order valence-corrected chi connectivity index (χ3v) is 4.97. The van der Waals surface area contributed by atoms with Gasteiger partial charge in [0.2, 0.25) is 5.91 Å². The van der Waals surface area contributed by atoms with Gasteiger partial charge in [0.05, 0.1) is 15.7 Å². The van der Waals surface area contributed by atoms with Crippen molar-refractivity contribution in [2.24, 2.45) is 0 Å². The van der Waals surface area contributed by atoms with Gasteiger partial charge in [-0.05, 0) is 42.2 Å². The van der Waals surface area contributed by atoms with E-state index < -0.39 is 11.5 Å². The zero-order valence-electron chi connectivity index (χ0n) is 13.5. The number of phenols is 2. The van der Waals surface area contributed by atoms with Crippen molar-refractivity contribution in [2.75, 3.05) is 6.54 Å². The number of aryl methyl sites for hydroxylation is 1. The van der Waals surface area contributed by atoms with Gasteiger partial charge in [0.1, 0.15) is 0 Å². The highest BCUT2D eigenvalue weighted by molar-refractivity contribution is 6.36. The number of amides is 1. The maximum atomic E-state index is 12.4. The summed E-state index contributed by atoms with van der Waals surface area (Å²) in [6.07, 6.45) is 5.29. The van der Waals surface area contributed by atoms with Crippen molar-refractivity contribution in [1.29, 1.82) is 0 Å². The number of pyridine rings is 1. The van der Waals surface area contributed by atoms with Gasteiger partial charge in [0, 0.05) is 25.4 Å². The normalized spacial score (nSPS) is 14.0. The number of rotatable bonds is 2. The first kappa shape index (κ1) is 17.6. The van der Waals surface area contributed by atoms with Crippen LogP contribution in [0.3, 0.4) is 0 Å². The van der Waals surface area contributed by atoms with Crippen molar-refractivity contribution in [3.05, 3.63) is 56.8 Å². The fraction of sp³-hybridized carbons (Fsp3) is 0.222. The molecule has 2 heterocycles. The van der Waals surface area contributed by atoms with E-state index in [2.05, 4.69) is 4.98 Å². The average Bonchev–Trinajstić information content (AvgIpc) is 2.63. The van der Waals surface area contributed by atoms with E-state index in [-0.39, 0.29) is 22.5 Å². The first-order valence-corrected chi connectivity index (χ1v) is 8.44. The minimum atomic E-state index is -0.459. The van der Waals surface area contributed by atoms with Crippen molar-refractivity contribution >= 4 is 35.2 Å². The lowest BCUT2D eigenvalue weighted by atomic mass is 9.98. The van der Waals surface area contributed by atoms with E-state index in [1.165, 1.54) is 6.08 Å². The molecular formula is C18H16Cl2N2O3. The smallest absolute Gasteiger partial charge is 0.246 e. The van der Waals surface area contributed by atoms with Crippen LogP contribution in [0.2, 0.25) is 10.0 Å². The molecule has 1 aromatic carbocycles. The van der Waals surface area contributed by atoms with Crippen molar-refractivity contribution < 1.29 is 15.0 Å². The summed E-state index contributed by atoms with van der Waals surface area (Å²) < 4.78 is 0. The lowest BCUT2D eigenvalue weighted by molar-refractivity contribution is -0.126. The second kappa shape index (κ2) is 6.94. The van der Waals surface area contributed by atoms with E-state index in [0.29, 0.717) is 29.8 Å². The molecule has 1 aromatic heterocycles. The van der Waals surface area contributed by atoms with E-state index in [0.717, 1.165) is 5.56 Å². The third-order valence-electron chi connectivity index (χ3n) is 4.16. The van der Waals surface area contributed by atoms with Gasteiger partial charge >= 0.3 is 0 Å². The van der Waals surface area contributed by atoms with E-state index in [1.54, 1.807) is 17.2 Å². The zero-order valence-corrected chi connectivity index (χ0v) is 15.0. The second-order valence-corrected chi connectivity index (χ2v) is 6.64. The first-order valence-electron chi connectivity index (χ1n) is 7.68. The Balaban J connectivity index is 1.80. The van der Waals surface area contributed by atoms with Crippen LogP contribution < -0.4 is 0 Å². The van der Waals surface area contributed by atoms with Gasteiger partial charge in [-0.15, -0.1) is 0 Å². The first-order chi connectivity index (χ1) is 11.9. The predicted molar refractivity (Wildman–Crippen MR) is 96.9 cm³/mol. The number of nitrogens with zero attached hydrogens (tertiary/aromatic N) is 2. The minimum absolute atomic E-state index is 0.0265. The Kier molecular flexibility index (Phi) is 4.88. The molecule has 3 rings (SSSR count). The molecule has 1 aliphatic rings. The molecule has 0 atom stereocenters. The lowest BCUT2D eigenvalue weighted by Gasteiger charge is -2.29. The number of benzene rings is 1. The molecule has 0 saturated carbocycles. The lowest BCUT2D eigenvalue weighted by Crippen LogP contribution is -2.35. The molecule has 25 heavy (non-hydrogen) atoms. The molecule has 2 aromatic rings. The fourth-order valence-corrected chi connectivity index (χ4v) is 3.29. The number of aromatic hydroxyl groups is 2. The van der Waals surface area contributed by atoms with Crippen LogP contribution in [0.4, 0.5) is 0 Å². The van der Waals surface area contributed by atoms with E-state index in [9.17, 15) is 15.0 Å². The number of fused-ring (bicyclic) bond motifs is 1. The molecule has 0 unspecified atom stereocenters. The molecule has 7 heteroatoms. The quantitative estimate of drug-likeness (QED) is 0.616. The van der Waals surface area contributed by atoms with Gasteiger partial charge in [0.15, 0.2) is 11.5 Å².